The molecular formula is C13H10Cl2FNO2. The fourth-order valence-corrected chi connectivity index (χ4v) is 1.78. The van der Waals surface area contributed by atoms with Crippen LogP contribution in [0.1, 0.15) is 10.4 Å². The second-order valence-electron chi connectivity index (χ2n) is 3.55. The molecule has 0 amide bonds. The summed E-state index contributed by atoms with van der Waals surface area (Å²) in [5.74, 6) is -0.884. The first-order chi connectivity index (χ1) is 8.61. The molecule has 0 N–H and O–H groups in total. The van der Waals surface area contributed by atoms with Crippen molar-refractivity contribution in [1.29, 1.82) is 0 Å². The van der Waals surface area contributed by atoms with Crippen molar-refractivity contribution >= 4 is 30.0 Å². The number of rotatable bonds is 2. The van der Waals surface area contributed by atoms with Crippen LogP contribution in [0.5, 0.6) is 0 Å². The number of esters is 1. The van der Waals surface area contributed by atoms with Gasteiger partial charge in [-0.15, -0.1) is 12.4 Å². The van der Waals surface area contributed by atoms with E-state index in [0.717, 1.165) is 0 Å². The number of methoxy groups -OCH3 is 1. The SMILES string of the molecule is COC(=O)c1ccnc(-c2ccc(F)cc2Cl)c1.Cl. The lowest BCUT2D eigenvalue weighted by atomic mass is 10.1. The number of carbonyl (C=O) groups excluding carboxylic acids is 1. The summed E-state index contributed by atoms with van der Waals surface area (Å²) >= 11 is 5.93. The molecule has 0 saturated carbocycles. The molecule has 1 heterocycles. The van der Waals surface area contributed by atoms with Gasteiger partial charge in [0.2, 0.25) is 0 Å². The average Bonchev–Trinajstić information content (AvgIpc) is 2.38. The van der Waals surface area contributed by atoms with Crippen molar-refractivity contribution in [2.24, 2.45) is 0 Å². The fraction of sp³-hybridized carbons (Fsp3) is 0.0769. The minimum absolute atomic E-state index is 0. The molecule has 2 rings (SSSR count). The van der Waals surface area contributed by atoms with Gasteiger partial charge in [-0.2, -0.15) is 0 Å². The molecule has 1 aromatic heterocycles. The maximum Gasteiger partial charge on any atom is 0.337 e. The number of ether oxygens (including phenoxy) is 1. The van der Waals surface area contributed by atoms with E-state index in [0.29, 0.717) is 16.8 Å². The maximum absolute atomic E-state index is 12.9. The Morgan fingerprint density at radius 2 is 2.05 bits per heavy atom. The molecule has 100 valence electrons. The number of nitrogens with zero attached hydrogens (tertiary/aromatic N) is 1. The summed E-state index contributed by atoms with van der Waals surface area (Å²) < 4.78 is 17.6. The van der Waals surface area contributed by atoms with Crippen LogP contribution in [0.4, 0.5) is 4.39 Å². The van der Waals surface area contributed by atoms with Crippen LogP contribution in [-0.4, -0.2) is 18.1 Å². The molecule has 6 heteroatoms. The van der Waals surface area contributed by atoms with Crippen molar-refractivity contribution in [2.45, 2.75) is 0 Å². The van der Waals surface area contributed by atoms with Crippen molar-refractivity contribution in [3.8, 4) is 11.3 Å². The highest BCUT2D eigenvalue weighted by Gasteiger charge is 2.10. The monoisotopic (exact) mass is 301 g/mol. The first-order valence-corrected chi connectivity index (χ1v) is 5.49. The van der Waals surface area contributed by atoms with E-state index >= 15 is 0 Å². The lowest BCUT2D eigenvalue weighted by Gasteiger charge is -2.05. The Hall–Kier alpha value is -1.65. The largest absolute Gasteiger partial charge is 0.465 e. The van der Waals surface area contributed by atoms with Crippen molar-refractivity contribution in [3.05, 3.63) is 52.9 Å². The lowest BCUT2D eigenvalue weighted by Crippen LogP contribution is -2.01. The molecule has 0 atom stereocenters. The second-order valence-corrected chi connectivity index (χ2v) is 3.95. The van der Waals surface area contributed by atoms with Gasteiger partial charge in [-0.05, 0) is 30.3 Å². The maximum atomic E-state index is 12.9. The highest BCUT2D eigenvalue weighted by Crippen LogP contribution is 2.27. The summed E-state index contributed by atoms with van der Waals surface area (Å²) in [6.07, 6.45) is 1.47. The number of halogens is 3. The molecule has 0 spiro atoms. The van der Waals surface area contributed by atoms with E-state index in [9.17, 15) is 9.18 Å². The van der Waals surface area contributed by atoms with Crippen LogP contribution in [0.2, 0.25) is 5.02 Å². The summed E-state index contributed by atoms with van der Waals surface area (Å²) in [6, 6.07) is 7.08. The van der Waals surface area contributed by atoms with Crippen LogP contribution in [0.3, 0.4) is 0 Å². The van der Waals surface area contributed by atoms with Crippen molar-refractivity contribution in [3.63, 3.8) is 0 Å². The standard InChI is InChI=1S/C13H9ClFNO2.ClH/c1-18-13(17)8-4-5-16-12(6-8)10-3-2-9(15)7-11(10)14;/h2-7H,1H3;1H. The summed E-state index contributed by atoms with van der Waals surface area (Å²) in [5.41, 5.74) is 1.41. The van der Waals surface area contributed by atoms with Gasteiger partial charge in [0, 0.05) is 11.8 Å². The summed E-state index contributed by atoms with van der Waals surface area (Å²) in [6.45, 7) is 0. The van der Waals surface area contributed by atoms with Crippen molar-refractivity contribution in [2.75, 3.05) is 7.11 Å². The Morgan fingerprint density at radius 3 is 2.68 bits per heavy atom. The normalized spacial score (nSPS) is 9.63. The van der Waals surface area contributed by atoms with Crippen molar-refractivity contribution < 1.29 is 13.9 Å². The van der Waals surface area contributed by atoms with Gasteiger partial charge in [0.15, 0.2) is 0 Å². The Balaban J connectivity index is 0.00000180. The molecule has 0 aliphatic carbocycles. The molecular weight excluding hydrogens is 292 g/mol. The van der Waals surface area contributed by atoms with Gasteiger partial charge in [0.1, 0.15) is 5.82 Å². The quantitative estimate of drug-likeness (QED) is 0.793. The lowest BCUT2D eigenvalue weighted by molar-refractivity contribution is 0.0600. The predicted molar refractivity (Wildman–Crippen MR) is 73.2 cm³/mol. The van der Waals surface area contributed by atoms with E-state index < -0.39 is 11.8 Å². The van der Waals surface area contributed by atoms with Gasteiger partial charge in [0.05, 0.1) is 23.4 Å². The highest BCUT2D eigenvalue weighted by atomic mass is 35.5. The Morgan fingerprint density at radius 1 is 1.32 bits per heavy atom. The van der Waals surface area contributed by atoms with E-state index in [1.54, 1.807) is 6.07 Å². The molecule has 0 bridgehead atoms. The molecule has 0 unspecified atom stereocenters. The summed E-state index contributed by atoms with van der Waals surface area (Å²) in [7, 11) is 1.30. The topological polar surface area (TPSA) is 39.2 Å². The zero-order chi connectivity index (χ0) is 13.1. The number of benzene rings is 1. The number of hydrogen-bond acceptors (Lipinski definition) is 3. The van der Waals surface area contributed by atoms with Crippen LogP contribution in [0, 0.1) is 5.82 Å². The van der Waals surface area contributed by atoms with Crippen LogP contribution in [0.15, 0.2) is 36.5 Å². The van der Waals surface area contributed by atoms with Gasteiger partial charge < -0.3 is 4.74 Å². The first-order valence-electron chi connectivity index (χ1n) is 5.11. The highest BCUT2D eigenvalue weighted by molar-refractivity contribution is 6.33. The molecule has 3 nitrogen and oxygen atoms in total. The third-order valence-corrected chi connectivity index (χ3v) is 2.70. The Kier molecular flexibility index (Phi) is 5.27. The second kappa shape index (κ2) is 6.50. The van der Waals surface area contributed by atoms with Crippen molar-refractivity contribution in [1.82, 2.24) is 4.98 Å². The van der Waals surface area contributed by atoms with Crippen LogP contribution in [-0.2, 0) is 4.74 Å². The summed E-state index contributed by atoms with van der Waals surface area (Å²) in [5, 5.41) is 0.240. The predicted octanol–water partition coefficient (Wildman–Crippen LogP) is 3.75. The van der Waals surface area contributed by atoms with Gasteiger partial charge in [-0.1, -0.05) is 11.6 Å². The average molecular weight is 302 g/mol. The van der Waals surface area contributed by atoms with Gasteiger partial charge in [0.25, 0.3) is 0 Å². The third kappa shape index (κ3) is 3.43. The first kappa shape index (κ1) is 15.4. The molecule has 0 fully saturated rings. The molecule has 2 aromatic rings. The fourth-order valence-electron chi connectivity index (χ4n) is 1.52. The molecule has 0 aliphatic rings. The molecule has 0 radical (unpaired) electrons. The van der Waals surface area contributed by atoms with E-state index in [4.69, 9.17) is 11.6 Å². The molecule has 1 aromatic carbocycles. The molecule has 19 heavy (non-hydrogen) atoms. The zero-order valence-corrected chi connectivity index (χ0v) is 11.5. The van der Waals surface area contributed by atoms with E-state index in [-0.39, 0.29) is 17.4 Å². The molecule has 0 aliphatic heterocycles. The van der Waals surface area contributed by atoms with Crippen LogP contribution < -0.4 is 0 Å². The minimum atomic E-state index is -0.461. The van der Waals surface area contributed by atoms with E-state index in [2.05, 4.69) is 9.72 Å². The van der Waals surface area contributed by atoms with Gasteiger partial charge >= 0.3 is 5.97 Å². The number of aromatic nitrogens is 1. The third-order valence-electron chi connectivity index (χ3n) is 2.39. The number of hydrogen-bond donors (Lipinski definition) is 0. The Labute approximate surface area is 120 Å². The molecule has 0 saturated heterocycles. The van der Waals surface area contributed by atoms with Gasteiger partial charge in [-0.3, -0.25) is 4.98 Å². The minimum Gasteiger partial charge on any atom is -0.465 e. The Bertz CT molecular complexity index is 605. The van der Waals surface area contributed by atoms with Gasteiger partial charge in [-0.25, -0.2) is 9.18 Å². The summed E-state index contributed by atoms with van der Waals surface area (Å²) in [4.78, 5) is 15.5. The smallest absolute Gasteiger partial charge is 0.337 e. The zero-order valence-electron chi connectivity index (χ0n) is 9.89. The number of carbonyl (C=O) groups is 1. The van der Waals surface area contributed by atoms with Crippen LogP contribution >= 0.6 is 24.0 Å². The van der Waals surface area contributed by atoms with E-state index in [1.165, 1.54) is 37.6 Å². The van der Waals surface area contributed by atoms with E-state index in [1.807, 2.05) is 0 Å². The van der Waals surface area contributed by atoms with Crippen LogP contribution in [0.25, 0.3) is 11.3 Å². The number of pyridine rings is 1.